The fourth-order valence-corrected chi connectivity index (χ4v) is 0.500. The predicted octanol–water partition coefficient (Wildman–Crippen LogP) is 4.01. The van der Waals surface area contributed by atoms with Crippen LogP contribution in [0.15, 0.2) is 0 Å². The third-order valence-electron chi connectivity index (χ3n) is 1.46. The summed E-state index contributed by atoms with van der Waals surface area (Å²) in [7, 11) is 0. The van der Waals surface area contributed by atoms with Crippen molar-refractivity contribution in [2.45, 2.75) is 66.2 Å². The van der Waals surface area contributed by atoms with Crippen LogP contribution in [0.1, 0.15) is 66.2 Å². The van der Waals surface area contributed by atoms with Crippen LogP contribution >= 0.6 is 0 Å². The Bertz CT molecular complexity index is 29.9. The van der Waals surface area contributed by atoms with Gasteiger partial charge < -0.3 is 0 Å². The Labute approximate surface area is 85.3 Å². The zero-order chi connectivity index (χ0) is 8.24. The van der Waals surface area contributed by atoms with Crippen LogP contribution in [-0.4, -0.2) is 18.9 Å². The van der Waals surface area contributed by atoms with Crippen LogP contribution in [0, 0.1) is 0 Å². The molecule has 0 N–H and O–H groups in total. The van der Waals surface area contributed by atoms with E-state index in [1.807, 2.05) is 0 Å². The topological polar surface area (TPSA) is 0 Å². The summed E-state index contributed by atoms with van der Waals surface area (Å²) in [5.41, 5.74) is 0. The van der Waals surface area contributed by atoms with Crippen molar-refractivity contribution in [2.75, 3.05) is 0 Å². The molecule has 0 amide bonds. The van der Waals surface area contributed by atoms with Gasteiger partial charge in [0.25, 0.3) is 0 Å². The summed E-state index contributed by atoms with van der Waals surface area (Å²) < 4.78 is 0. The second kappa shape index (κ2) is 22.4. The van der Waals surface area contributed by atoms with Crippen molar-refractivity contribution < 1.29 is 0 Å². The molecule has 0 aliphatic rings. The minimum atomic E-state index is 0. The van der Waals surface area contributed by atoms with Gasteiger partial charge in [-0.1, -0.05) is 66.2 Å². The molecule has 0 nitrogen and oxygen atoms in total. The van der Waals surface area contributed by atoms with E-state index in [0.717, 1.165) is 0 Å². The van der Waals surface area contributed by atoms with E-state index in [1.165, 1.54) is 38.5 Å². The first-order valence-electron chi connectivity index (χ1n) is 4.83. The van der Waals surface area contributed by atoms with Crippen LogP contribution < -0.4 is 0 Å². The molecule has 0 aromatic heterocycles. The SMILES string of the molecule is CCCC.CCCCCC.[Li]. The van der Waals surface area contributed by atoms with Gasteiger partial charge in [0.1, 0.15) is 0 Å². The Balaban J connectivity index is -0.000000114. The van der Waals surface area contributed by atoms with Gasteiger partial charge in [0, 0.05) is 18.9 Å². The van der Waals surface area contributed by atoms with Crippen LogP contribution in [0.4, 0.5) is 0 Å². The Morgan fingerprint density at radius 3 is 0.909 bits per heavy atom. The summed E-state index contributed by atoms with van der Waals surface area (Å²) in [6.07, 6.45) is 8.18. The molecule has 0 aliphatic heterocycles. The molecule has 0 saturated heterocycles. The van der Waals surface area contributed by atoms with E-state index in [9.17, 15) is 0 Å². The summed E-state index contributed by atoms with van der Waals surface area (Å²) in [6, 6.07) is 0. The maximum Gasteiger partial charge on any atom is 0 e. The largest absolute Gasteiger partial charge is 0.0654 e. The van der Waals surface area contributed by atoms with Crippen molar-refractivity contribution >= 4 is 18.9 Å². The molecule has 0 bridgehead atoms. The van der Waals surface area contributed by atoms with Gasteiger partial charge in [-0.15, -0.1) is 0 Å². The molecule has 0 aromatic rings. The van der Waals surface area contributed by atoms with Crippen LogP contribution in [-0.2, 0) is 0 Å². The smallest absolute Gasteiger partial charge is 0 e. The maximum atomic E-state index is 2.23. The predicted molar refractivity (Wildman–Crippen MR) is 56.2 cm³/mol. The number of unbranched alkanes of at least 4 members (excludes halogenated alkanes) is 4. The summed E-state index contributed by atoms with van der Waals surface area (Å²) in [6.45, 7) is 8.82. The zero-order valence-electron chi connectivity index (χ0n) is 9.24. The van der Waals surface area contributed by atoms with Crippen molar-refractivity contribution in [1.82, 2.24) is 0 Å². The van der Waals surface area contributed by atoms with E-state index in [4.69, 9.17) is 0 Å². The van der Waals surface area contributed by atoms with Crippen LogP contribution in [0.5, 0.6) is 0 Å². The quantitative estimate of drug-likeness (QED) is 0.420. The average molecular weight is 151 g/mol. The zero-order valence-corrected chi connectivity index (χ0v) is 9.24. The fourth-order valence-electron chi connectivity index (χ4n) is 0.500. The molecular weight excluding hydrogens is 127 g/mol. The first-order chi connectivity index (χ1) is 4.83. The van der Waals surface area contributed by atoms with Gasteiger partial charge >= 0.3 is 0 Å². The summed E-state index contributed by atoms with van der Waals surface area (Å²) in [5, 5.41) is 0. The van der Waals surface area contributed by atoms with Crippen LogP contribution in [0.2, 0.25) is 0 Å². The van der Waals surface area contributed by atoms with Gasteiger partial charge in [-0.3, -0.25) is 0 Å². The Kier molecular flexibility index (Phi) is 35.9. The van der Waals surface area contributed by atoms with Gasteiger partial charge in [0.15, 0.2) is 0 Å². The third kappa shape index (κ3) is 37.1. The van der Waals surface area contributed by atoms with E-state index >= 15 is 0 Å². The van der Waals surface area contributed by atoms with E-state index in [2.05, 4.69) is 27.7 Å². The standard InChI is InChI=1S/C6H14.C4H10.Li/c1-3-5-6-4-2;1-3-4-2;/h3-6H2,1-2H3;3-4H2,1-2H3;. The second-order valence-corrected chi connectivity index (χ2v) is 2.71. The van der Waals surface area contributed by atoms with E-state index in [-0.39, 0.29) is 18.9 Å². The Hall–Kier alpha value is 0.597. The molecule has 0 saturated carbocycles. The average Bonchev–Trinajstić information content (AvgIpc) is 2.01. The first-order valence-corrected chi connectivity index (χ1v) is 4.83. The monoisotopic (exact) mass is 151 g/mol. The van der Waals surface area contributed by atoms with Gasteiger partial charge in [-0.2, -0.15) is 0 Å². The number of hydrogen-bond acceptors (Lipinski definition) is 0. The molecule has 0 heterocycles. The summed E-state index contributed by atoms with van der Waals surface area (Å²) in [4.78, 5) is 0. The van der Waals surface area contributed by atoms with E-state index < -0.39 is 0 Å². The fraction of sp³-hybridized carbons (Fsp3) is 1.00. The van der Waals surface area contributed by atoms with Gasteiger partial charge in [0.05, 0.1) is 0 Å². The van der Waals surface area contributed by atoms with E-state index in [1.54, 1.807) is 0 Å². The molecule has 1 radical (unpaired) electrons. The molecule has 0 aromatic carbocycles. The van der Waals surface area contributed by atoms with Crippen molar-refractivity contribution in [3.63, 3.8) is 0 Å². The molecular formula is C10H24Li. The second-order valence-electron chi connectivity index (χ2n) is 2.71. The van der Waals surface area contributed by atoms with Crippen LogP contribution in [0.25, 0.3) is 0 Å². The van der Waals surface area contributed by atoms with Crippen LogP contribution in [0.3, 0.4) is 0 Å². The molecule has 0 atom stereocenters. The van der Waals surface area contributed by atoms with E-state index in [0.29, 0.717) is 0 Å². The first kappa shape index (κ1) is 17.6. The van der Waals surface area contributed by atoms with Crippen molar-refractivity contribution in [1.29, 1.82) is 0 Å². The van der Waals surface area contributed by atoms with Gasteiger partial charge in [-0.25, -0.2) is 0 Å². The summed E-state index contributed by atoms with van der Waals surface area (Å²) in [5.74, 6) is 0. The molecule has 1 heteroatoms. The molecule has 0 rings (SSSR count). The van der Waals surface area contributed by atoms with Gasteiger partial charge in [-0.05, 0) is 0 Å². The normalized spacial score (nSPS) is 7.64. The minimum Gasteiger partial charge on any atom is -0.0654 e. The third-order valence-corrected chi connectivity index (χ3v) is 1.46. The Morgan fingerprint density at radius 1 is 0.545 bits per heavy atom. The van der Waals surface area contributed by atoms with Crippen molar-refractivity contribution in [3.05, 3.63) is 0 Å². The van der Waals surface area contributed by atoms with Crippen molar-refractivity contribution in [3.8, 4) is 0 Å². The van der Waals surface area contributed by atoms with Gasteiger partial charge in [0.2, 0.25) is 0 Å². The number of hydrogen-bond donors (Lipinski definition) is 0. The minimum absolute atomic E-state index is 0. The molecule has 0 spiro atoms. The van der Waals surface area contributed by atoms with Crippen molar-refractivity contribution in [2.24, 2.45) is 0 Å². The molecule has 0 fully saturated rings. The molecule has 11 heavy (non-hydrogen) atoms. The maximum absolute atomic E-state index is 2.23. The molecule has 0 unspecified atom stereocenters. The number of rotatable bonds is 4. The summed E-state index contributed by atoms with van der Waals surface area (Å²) >= 11 is 0. The molecule has 0 aliphatic carbocycles. The molecule has 65 valence electrons. The Morgan fingerprint density at radius 2 is 0.818 bits per heavy atom.